The van der Waals surface area contributed by atoms with Crippen molar-refractivity contribution in [2.75, 3.05) is 13.1 Å². The molecule has 0 radical (unpaired) electrons. The molecular weight excluding hydrogens is 308 g/mol. The molecule has 0 aromatic carbocycles. The Kier molecular flexibility index (Phi) is 5.75. The van der Waals surface area contributed by atoms with E-state index in [1.807, 2.05) is 25.7 Å². The number of amides is 2. The first-order valence-corrected chi connectivity index (χ1v) is 8.46. The van der Waals surface area contributed by atoms with E-state index in [1.54, 1.807) is 6.92 Å². The fourth-order valence-corrected chi connectivity index (χ4v) is 2.97. The monoisotopic (exact) mass is 334 g/mol. The number of H-pyrrole nitrogens is 1. The minimum atomic E-state index is -0.253. The Hall–Kier alpha value is -2.18. The van der Waals surface area contributed by atoms with Gasteiger partial charge in [0, 0.05) is 49.1 Å². The van der Waals surface area contributed by atoms with Crippen LogP contribution in [0.15, 0.2) is 4.79 Å². The lowest BCUT2D eigenvalue weighted by atomic mass is 10.1. The molecule has 1 saturated heterocycles. The van der Waals surface area contributed by atoms with Crippen molar-refractivity contribution in [1.29, 1.82) is 0 Å². The van der Waals surface area contributed by atoms with Gasteiger partial charge in [0.15, 0.2) is 0 Å². The van der Waals surface area contributed by atoms with Crippen LogP contribution in [0.4, 0.5) is 0 Å². The van der Waals surface area contributed by atoms with Crippen molar-refractivity contribution in [2.24, 2.45) is 5.92 Å². The molecule has 2 heterocycles. The average molecular weight is 334 g/mol. The third-order valence-electron chi connectivity index (χ3n) is 4.39. The topological polar surface area (TPSA) is 95.2 Å². The Balaban J connectivity index is 1.91. The van der Waals surface area contributed by atoms with Gasteiger partial charge in [0.05, 0.1) is 6.42 Å². The number of hydrogen-bond acceptors (Lipinski definition) is 4. The number of nitrogens with zero attached hydrogens (tertiary/aromatic N) is 2. The van der Waals surface area contributed by atoms with Crippen LogP contribution in [-0.2, 0) is 22.4 Å². The molecule has 1 aliphatic heterocycles. The summed E-state index contributed by atoms with van der Waals surface area (Å²) in [5.74, 6) is 0.671. The molecule has 7 nitrogen and oxygen atoms in total. The van der Waals surface area contributed by atoms with Gasteiger partial charge in [0.1, 0.15) is 5.82 Å². The molecule has 1 atom stereocenters. The van der Waals surface area contributed by atoms with Crippen molar-refractivity contribution >= 4 is 11.8 Å². The molecule has 7 heteroatoms. The normalized spacial score (nSPS) is 17.6. The molecule has 2 N–H and O–H groups in total. The summed E-state index contributed by atoms with van der Waals surface area (Å²) in [6.45, 7) is 8.75. The van der Waals surface area contributed by atoms with E-state index in [0.717, 1.165) is 0 Å². The summed E-state index contributed by atoms with van der Waals surface area (Å²) >= 11 is 0. The SMILES string of the molecule is CCc1nc(C)c(CC(=O)NC[C@@H]2CC(=O)N(C(C)C)C2)c(=O)[nH]1. The molecule has 0 bridgehead atoms. The molecule has 1 aromatic heterocycles. The first-order chi connectivity index (χ1) is 11.3. The molecule has 2 amide bonds. The predicted molar refractivity (Wildman–Crippen MR) is 90.6 cm³/mol. The summed E-state index contributed by atoms with van der Waals surface area (Å²) in [4.78, 5) is 44.9. The minimum absolute atomic E-state index is 0.00667. The van der Waals surface area contributed by atoms with Crippen molar-refractivity contribution in [3.05, 3.63) is 27.4 Å². The fourth-order valence-electron chi connectivity index (χ4n) is 2.97. The molecule has 2 rings (SSSR count). The summed E-state index contributed by atoms with van der Waals surface area (Å²) < 4.78 is 0. The van der Waals surface area contributed by atoms with Gasteiger partial charge in [-0.3, -0.25) is 14.4 Å². The number of carbonyl (C=O) groups excluding carboxylic acids is 2. The third kappa shape index (κ3) is 4.21. The van der Waals surface area contributed by atoms with Gasteiger partial charge in [0.25, 0.3) is 5.56 Å². The van der Waals surface area contributed by atoms with E-state index in [2.05, 4.69) is 15.3 Å². The number of carbonyl (C=O) groups is 2. The van der Waals surface area contributed by atoms with Crippen LogP contribution in [0, 0.1) is 12.8 Å². The Labute approximate surface area is 141 Å². The van der Waals surface area contributed by atoms with Crippen LogP contribution in [0.25, 0.3) is 0 Å². The maximum absolute atomic E-state index is 12.1. The minimum Gasteiger partial charge on any atom is -0.355 e. The van der Waals surface area contributed by atoms with Gasteiger partial charge < -0.3 is 15.2 Å². The van der Waals surface area contributed by atoms with Crippen LogP contribution in [0.2, 0.25) is 0 Å². The zero-order chi connectivity index (χ0) is 17.9. The van der Waals surface area contributed by atoms with Crippen LogP contribution >= 0.6 is 0 Å². The number of likely N-dealkylation sites (tertiary alicyclic amines) is 1. The smallest absolute Gasteiger partial charge is 0.254 e. The van der Waals surface area contributed by atoms with Gasteiger partial charge in [-0.1, -0.05) is 6.92 Å². The van der Waals surface area contributed by atoms with Crippen molar-refractivity contribution in [2.45, 2.75) is 53.0 Å². The molecule has 132 valence electrons. The highest BCUT2D eigenvalue weighted by Crippen LogP contribution is 2.19. The summed E-state index contributed by atoms with van der Waals surface area (Å²) in [6.07, 6.45) is 1.11. The molecule has 0 unspecified atom stereocenters. The first kappa shape index (κ1) is 18.2. The van der Waals surface area contributed by atoms with Crippen LogP contribution in [0.5, 0.6) is 0 Å². The second-order valence-electron chi connectivity index (χ2n) is 6.62. The van der Waals surface area contributed by atoms with E-state index in [1.165, 1.54) is 0 Å². The fraction of sp³-hybridized carbons (Fsp3) is 0.647. The Morgan fingerprint density at radius 2 is 2.12 bits per heavy atom. The lowest BCUT2D eigenvalue weighted by Crippen LogP contribution is -2.35. The van der Waals surface area contributed by atoms with Crippen molar-refractivity contribution in [3.8, 4) is 0 Å². The molecular formula is C17H26N4O3. The average Bonchev–Trinajstić information content (AvgIpc) is 2.89. The molecule has 0 spiro atoms. The van der Waals surface area contributed by atoms with Gasteiger partial charge in [0.2, 0.25) is 11.8 Å². The van der Waals surface area contributed by atoms with E-state index in [0.29, 0.717) is 43.0 Å². The standard InChI is InChI=1S/C17H26N4O3/c1-5-14-19-11(4)13(17(24)20-14)7-15(22)18-8-12-6-16(23)21(9-12)10(2)3/h10,12H,5-9H2,1-4H3,(H,18,22)(H,19,20,24)/t12-/m0/s1. The predicted octanol–water partition coefficient (Wildman–Crippen LogP) is 0.556. The van der Waals surface area contributed by atoms with E-state index in [-0.39, 0.29) is 35.8 Å². The summed E-state index contributed by atoms with van der Waals surface area (Å²) in [6, 6.07) is 0.183. The quantitative estimate of drug-likeness (QED) is 0.794. The van der Waals surface area contributed by atoms with Crippen LogP contribution in [0.3, 0.4) is 0 Å². The van der Waals surface area contributed by atoms with Crippen molar-refractivity contribution in [1.82, 2.24) is 20.2 Å². The largest absolute Gasteiger partial charge is 0.355 e. The van der Waals surface area contributed by atoms with Gasteiger partial charge in [-0.25, -0.2) is 4.98 Å². The Bertz CT molecular complexity index is 681. The Morgan fingerprint density at radius 1 is 1.42 bits per heavy atom. The zero-order valence-corrected chi connectivity index (χ0v) is 14.8. The van der Waals surface area contributed by atoms with Crippen LogP contribution < -0.4 is 10.9 Å². The molecule has 24 heavy (non-hydrogen) atoms. The van der Waals surface area contributed by atoms with Gasteiger partial charge >= 0.3 is 0 Å². The number of hydrogen-bond donors (Lipinski definition) is 2. The molecule has 1 fully saturated rings. The van der Waals surface area contributed by atoms with E-state index in [9.17, 15) is 14.4 Å². The van der Waals surface area contributed by atoms with E-state index >= 15 is 0 Å². The highest BCUT2D eigenvalue weighted by Gasteiger charge is 2.31. The second kappa shape index (κ2) is 7.59. The molecule has 0 saturated carbocycles. The molecule has 0 aliphatic carbocycles. The maximum Gasteiger partial charge on any atom is 0.254 e. The number of aryl methyl sites for hydroxylation is 2. The van der Waals surface area contributed by atoms with Crippen molar-refractivity contribution < 1.29 is 9.59 Å². The van der Waals surface area contributed by atoms with Crippen LogP contribution in [-0.4, -0.2) is 45.8 Å². The first-order valence-electron chi connectivity index (χ1n) is 8.46. The lowest BCUT2D eigenvalue weighted by molar-refractivity contribution is -0.129. The number of aromatic nitrogens is 2. The number of nitrogens with one attached hydrogen (secondary N) is 2. The Morgan fingerprint density at radius 3 is 2.67 bits per heavy atom. The number of aromatic amines is 1. The lowest BCUT2D eigenvalue weighted by Gasteiger charge is -2.21. The van der Waals surface area contributed by atoms with Gasteiger partial charge in [-0.2, -0.15) is 0 Å². The van der Waals surface area contributed by atoms with Gasteiger partial charge in [-0.05, 0) is 20.8 Å². The summed E-state index contributed by atoms with van der Waals surface area (Å²) in [5.41, 5.74) is 0.736. The van der Waals surface area contributed by atoms with Crippen molar-refractivity contribution in [3.63, 3.8) is 0 Å². The second-order valence-corrected chi connectivity index (χ2v) is 6.62. The molecule has 1 aliphatic rings. The zero-order valence-electron chi connectivity index (χ0n) is 14.8. The highest BCUT2D eigenvalue weighted by atomic mass is 16.2. The van der Waals surface area contributed by atoms with E-state index < -0.39 is 0 Å². The highest BCUT2D eigenvalue weighted by molar-refractivity contribution is 5.80. The summed E-state index contributed by atoms with van der Waals surface area (Å²) in [7, 11) is 0. The third-order valence-corrected chi connectivity index (χ3v) is 4.39. The van der Waals surface area contributed by atoms with Gasteiger partial charge in [-0.15, -0.1) is 0 Å². The maximum atomic E-state index is 12.1. The van der Waals surface area contributed by atoms with Crippen LogP contribution in [0.1, 0.15) is 44.3 Å². The molecule has 1 aromatic rings. The van der Waals surface area contributed by atoms with E-state index in [4.69, 9.17) is 0 Å². The summed E-state index contributed by atoms with van der Waals surface area (Å²) in [5, 5.41) is 2.84. The number of rotatable bonds is 6.